The number of nitrogens with zero attached hydrogens (tertiary/aromatic N) is 1. The van der Waals surface area contributed by atoms with Crippen LogP contribution >= 0.6 is 0 Å². The van der Waals surface area contributed by atoms with Crippen LogP contribution in [0.2, 0.25) is 0 Å². The Bertz CT molecular complexity index is 1090. The van der Waals surface area contributed by atoms with E-state index in [1.54, 1.807) is 17.0 Å². The van der Waals surface area contributed by atoms with E-state index in [0.29, 0.717) is 24.5 Å². The first-order chi connectivity index (χ1) is 15.5. The predicted molar refractivity (Wildman–Crippen MR) is 118 cm³/mol. The smallest absolute Gasteiger partial charge is 0.321 e. The average Bonchev–Trinajstić information content (AvgIpc) is 2.81. The summed E-state index contributed by atoms with van der Waals surface area (Å²) in [6.45, 7) is 1.45. The number of aromatic nitrogens is 1. The molecule has 0 saturated carbocycles. The summed E-state index contributed by atoms with van der Waals surface area (Å²) in [5.41, 5.74) is 1.10. The van der Waals surface area contributed by atoms with Crippen molar-refractivity contribution in [2.24, 2.45) is 0 Å². The van der Waals surface area contributed by atoms with Crippen LogP contribution in [0.5, 0.6) is 11.5 Å². The van der Waals surface area contributed by atoms with Crippen LogP contribution in [0.15, 0.2) is 71.7 Å². The molecule has 4 rings (SSSR count). The van der Waals surface area contributed by atoms with Crippen LogP contribution < -0.4 is 20.3 Å². The van der Waals surface area contributed by atoms with Gasteiger partial charge in [-0.15, -0.1) is 0 Å². The number of hydrogen-bond donors (Lipinski definition) is 2. The van der Waals surface area contributed by atoms with Gasteiger partial charge in [-0.05, 0) is 48.0 Å². The molecule has 8 heteroatoms. The van der Waals surface area contributed by atoms with Crippen molar-refractivity contribution in [1.82, 2.24) is 9.88 Å². The molecule has 0 radical (unpaired) electrons. The second-order valence-electron chi connectivity index (χ2n) is 7.57. The van der Waals surface area contributed by atoms with Crippen LogP contribution in [0.1, 0.15) is 18.4 Å². The number of anilines is 1. The van der Waals surface area contributed by atoms with Gasteiger partial charge < -0.3 is 24.7 Å². The van der Waals surface area contributed by atoms with Gasteiger partial charge in [0.15, 0.2) is 0 Å². The second-order valence-corrected chi connectivity index (χ2v) is 7.57. The number of piperidine rings is 1. The first-order valence-electron chi connectivity index (χ1n) is 10.4. The number of urea groups is 1. The molecular formula is C24H24FN3O4. The number of halogens is 1. The predicted octanol–water partition coefficient (Wildman–Crippen LogP) is 4.17. The van der Waals surface area contributed by atoms with Crippen molar-refractivity contribution in [3.8, 4) is 11.5 Å². The van der Waals surface area contributed by atoms with Crippen molar-refractivity contribution in [1.29, 1.82) is 0 Å². The molecule has 2 aromatic carbocycles. The first kappa shape index (κ1) is 21.4. The van der Waals surface area contributed by atoms with Gasteiger partial charge in [0.25, 0.3) is 0 Å². The minimum absolute atomic E-state index is 0.0196. The molecule has 166 valence electrons. The fourth-order valence-corrected chi connectivity index (χ4v) is 3.47. The number of likely N-dealkylation sites (tertiary alicyclic amines) is 1. The maximum absolute atomic E-state index is 13.2. The fourth-order valence-electron chi connectivity index (χ4n) is 3.47. The summed E-state index contributed by atoms with van der Waals surface area (Å²) in [4.78, 5) is 27.8. The third kappa shape index (κ3) is 5.87. The van der Waals surface area contributed by atoms with Gasteiger partial charge in [-0.1, -0.05) is 12.1 Å². The van der Waals surface area contributed by atoms with E-state index in [1.165, 1.54) is 24.4 Å². The molecule has 2 N–H and O–H groups in total. The van der Waals surface area contributed by atoms with Crippen LogP contribution in [-0.4, -0.2) is 35.1 Å². The highest BCUT2D eigenvalue weighted by atomic mass is 19.1. The Balaban J connectivity index is 1.22. The SMILES string of the molecule is O=C(Nc1ccc(=O)[nH]c1)N1CCC(Oc2ccc(OCc3cccc(F)c3)cc2)CC1. The lowest BCUT2D eigenvalue weighted by atomic mass is 10.1. The molecule has 1 aliphatic rings. The van der Waals surface area contributed by atoms with Gasteiger partial charge in [0.2, 0.25) is 5.56 Å². The highest BCUT2D eigenvalue weighted by Gasteiger charge is 2.24. The van der Waals surface area contributed by atoms with E-state index in [9.17, 15) is 14.0 Å². The number of ether oxygens (including phenoxy) is 2. The van der Waals surface area contributed by atoms with Crippen LogP contribution in [-0.2, 0) is 6.61 Å². The summed E-state index contributed by atoms with van der Waals surface area (Å²) in [6.07, 6.45) is 2.93. The zero-order chi connectivity index (χ0) is 22.3. The molecule has 32 heavy (non-hydrogen) atoms. The highest BCUT2D eigenvalue weighted by molar-refractivity contribution is 5.89. The third-order valence-electron chi connectivity index (χ3n) is 5.19. The Morgan fingerprint density at radius 2 is 1.81 bits per heavy atom. The number of hydrogen-bond acceptors (Lipinski definition) is 4. The summed E-state index contributed by atoms with van der Waals surface area (Å²) in [7, 11) is 0. The fraction of sp³-hybridized carbons (Fsp3) is 0.250. The number of carbonyl (C=O) groups is 1. The van der Waals surface area contributed by atoms with E-state index in [2.05, 4.69) is 10.3 Å². The summed E-state index contributed by atoms with van der Waals surface area (Å²) in [5, 5.41) is 2.78. The normalized spacial score (nSPS) is 14.1. The monoisotopic (exact) mass is 437 g/mol. The first-order valence-corrected chi connectivity index (χ1v) is 10.4. The number of H-pyrrole nitrogens is 1. The molecule has 0 atom stereocenters. The molecular weight excluding hydrogens is 413 g/mol. The Morgan fingerprint density at radius 3 is 2.50 bits per heavy atom. The van der Waals surface area contributed by atoms with Gasteiger partial charge in [-0.25, -0.2) is 9.18 Å². The number of rotatable bonds is 6. The Morgan fingerprint density at radius 1 is 1.06 bits per heavy atom. The molecule has 0 unspecified atom stereocenters. The molecule has 1 aromatic heterocycles. The Kier molecular flexibility index (Phi) is 6.69. The average molecular weight is 437 g/mol. The Labute approximate surface area is 184 Å². The van der Waals surface area contributed by atoms with Crippen LogP contribution in [0, 0.1) is 5.82 Å². The van der Waals surface area contributed by atoms with Crippen molar-refractivity contribution >= 4 is 11.7 Å². The van der Waals surface area contributed by atoms with Crippen molar-refractivity contribution < 1.29 is 18.7 Å². The summed E-state index contributed by atoms with van der Waals surface area (Å²) < 4.78 is 25.0. The van der Waals surface area contributed by atoms with E-state index in [1.807, 2.05) is 30.3 Å². The van der Waals surface area contributed by atoms with E-state index in [0.717, 1.165) is 24.2 Å². The number of carbonyl (C=O) groups excluding carboxylic acids is 1. The molecule has 0 bridgehead atoms. The summed E-state index contributed by atoms with van der Waals surface area (Å²) in [6, 6.07) is 16.4. The lowest BCUT2D eigenvalue weighted by molar-refractivity contribution is 0.115. The third-order valence-corrected chi connectivity index (χ3v) is 5.19. The van der Waals surface area contributed by atoms with E-state index in [-0.39, 0.29) is 30.1 Å². The molecule has 1 saturated heterocycles. The van der Waals surface area contributed by atoms with Crippen LogP contribution in [0.3, 0.4) is 0 Å². The number of pyridine rings is 1. The van der Waals surface area contributed by atoms with Gasteiger partial charge in [0.05, 0.1) is 5.69 Å². The lowest BCUT2D eigenvalue weighted by Crippen LogP contribution is -2.43. The maximum atomic E-state index is 13.2. The minimum atomic E-state index is -0.283. The van der Waals surface area contributed by atoms with Crippen molar-refractivity contribution in [2.75, 3.05) is 18.4 Å². The molecule has 0 aliphatic carbocycles. The van der Waals surface area contributed by atoms with Crippen molar-refractivity contribution in [3.05, 3.63) is 88.6 Å². The molecule has 7 nitrogen and oxygen atoms in total. The van der Waals surface area contributed by atoms with Gasteiger partial charge in [0, 0.05) is 38.2 Å². The van der Waals surface area contributed by atoms with Gasteiger partial charge in [-0.2, -0.15) is 0 Å². The van der Waals surface area contributed by atoms with Crippen molar-refractivity contribution in [3.63, 3.8) is 0 Å². The topological polar surface area (TPSA) is 83.7 Å². The molecule has 2 amide bonds. The van der Waals surface area contributed by atoms with Gasteiger partial charge in [0.1, 0.15) is 30.0 Å². The van der Waals surface area contributed by atoms with Gasteiger partial charge in [-0.3, -0.25) is 4.79 Å². The number of benzene rings is 2. The second kappa shape index (κ2) is 10.00. The summed E-state index contributed by atoms with van der Waals surface area (Å²) in [5.74, 6) is 1.13. The lowest BCUT2D eigenvalue weighted by Gasteiger charge is -2.32. The molecule has 1 fully saturated rings. The molecule has 0 spiro atoms. The maximum Gasteiger partial charge on any atom is 0.321 e. The van der Waals surface area contributed by atoms with E-state index < -0.39 is 0 Å². The zero-order valence-corrected chi connectivity index (χ0v) is 17.4. The summed E-state index contributed by atoms with van der Waals surface area (Å²) >= 11 is 0. The number of aromatic amines is 1. The molecule has 2 heterocycles. The minimum Gasteiger partial charge on any atom is -0.490 e. The quantitative estimate of drug-likeness (QED) is 0.606. The number of amides is 2. The van der Waals surface area contributed by atoms with Crippen molar-refractivity contribution in [2.45, 2.75) is 25.6 Å². The van der Waals surface area contributed by atoms with E-state index >= 15 is 0 Å². The molecule has 3 aromatic rings. The standard InChI is InChI=1S/C24H24FN3O4/c25-18-3-1-2-17(14-18)16-31-20-5-7-21(8-6-20)32-22-10-12-28(13-11-22)24(30)27-19-4-9-23(29)26-15-19/h1-9,14-15,22H,10-13,16H2,(H,26,29)(H,27,30). The van der Waals surface area contributed by atoms with E-state index in [4.69, 9.17) is 9.47 Å². The Hall–Kier alpha value is -3.81. The highest BCUT2D eigenvalue weighted by Crippen LogP contribution is 2.23. The van der Waals surface area contributed by atoms with Gasteiger partial charge >= 0.3 is 6.03 Å². The zero-order valence-electron chi connectivity index (χ0n) is 17.4. The van der Waals surface area contributed by atoms with Crippen LogP contribution in [0.25, 0.3) is 0 Å². The number of nitrogens with one attached hydrogen (secondary N) is 2. The largest absolute Gasteiger partial charge is 0.490 e. The molecule has 1 aliphatic heterocycles. The van der Waals surface area contributed by atoms with Crippen LogP contribution in [0.4, 0.5) is 14.9 Å².